The third-order valence-corrected chi connectivity index (χ3v) is 6.01. The lowest BCUT2D eigenvalue weighted by molar-refractivity contribution is -0.136. The Bertz CT molecular complexity index is 733. The summed E-state index contributed by atoms with van der Waals surface area (Å²) in [5.74, 6) is 1.05. The van der Waals surface area contributed by atoms with Crippen LogP contribution in [0.1, 0.15) is 32.1 Å². The summed E-state index contributed by atoms with van der Waals surface area (Å²) < 4.78 is 0. The summed E-state index contributed by atoms with van der Waals surface area (Å²) in [5.41, 5.74) is -0.760. The highest BCUT2D eigenvalue weighted by molar-refractivity contribution is 7.16. The molecule has 0 radical (unpaired) electrons. The van der Waals surface area contributed by atoms with Gasteiger partial charge in [-0.15, -0.1) is 11.3 Å². The van der Waals surface area contributed by atoms with Crippen LogP contribution in [0.4, 0.5) is 5.82 Å². The molecule has 1 saturated heterocycles. The number of aliphatic hydroxyl groups is 1. The monoisotopic (exact) mass is 346 g/mol. The Balaban J connectivity index is 1.40. The van der Waals surface area contributed by atoms with Crippen molar-refractivity contribution >= 4 is 33.3 Å². The maximum Gasteiger partial charge on any atom is 0.225 e. The van der Waals surface area contributed by atoms with Crippen molar-refractivity contribution < 1.29 is 9.90 Å². The lowest BCUT2D eigenvalue weighted by Gasteiger charge is -2.36. The molecule has 3 heterocycles. The second-order valence-electron chi connectivity index (χ2n) is 6.81. The molecule has 0 spiro atoms. The van der Waals surface area contributed by atoms with Crippen LogP contribution in [0.2, 0.25) is 0 Å². The Labute approximate surface area is 145 Å². The smallest absolute Gasteiger partial charge is 0.225 e. The number of hydrogen-bond acceptors (Lipinski definition) is 6. The maximum atomic E-state index is 12.5. The fourth-order valence-electron chi connectivity index (χ4n) is 3.80. The number of carbonyl (C=O) groups is 1. The molecule has 2 aliphatic rings. The Morgan fingerprint density at radius 3 is 2.71 bits per heavy atom. The van der Waals surface area contributed by atoms with Crippen LogP contribution in [-0.4, -0.2) is 57.7 Å². The molecule has 0 bridgehead atoms. The van der Waals surface area contributed by atoms with Crippen molar-refractivity contribution in [3.63, 3.8) is 0 Å². The van der Waals surface area contributed by atoms with Gasteiger partial charge >= 0.3 is 0 Å². The van der Waals surface area contributed by atoms with Gasteiger partial charge in [0.2, 0.25) is 5.91 Å². The minimum atomic E-state index is -0.760. The van der Waals surface area contributed by atoms with E-state index in [9.17, 15) is 9.90 Å². The third-order valence-electron chi connectivity index (χ3n) is 5.19. The average molecular weight is 346 g/mol. The van der Waals surface area contributed by atoms with Crippen molar-refractivity contribution in [1.82, 2.24) is 14.9 Å². The molecule has 1 saturated carbocycles. The van der Waals surface area contributed by atoms with Crippen LogP contribution in [-0.2, 0) is 4.79 Å². The number of rotatable bonds is 3. The summed E-state index contributed by atoms with van der Waals surface area (Å²) in [6.45, 7) is 2.91. The molecule has 2 fully saturated rings. The van der Waals surface area contributed by atoms with Crippen molar-refractivity contribution in [2.24, 2.45) is 0 Å². The molecule has 7 heteroatoms. The number of nitrogens with zero attached hydrogens (tertiary/aromatic N) is 4. The molecule has 1 aliphatic carbocycles. The molecular formula is C17H22N4O2S. The van der Waals surface area contributed by atoms with E-state index in [1.807, 2.05) is 10.3 Å². The molecule has 4 rings (SSSR count). The van der Waals surface area contributed by atoms with Gasteiger partial charge in [-0.2, -0.15) is 0 Å². The Morgan fingerprint density at radius 2 is 1.96 bits per heavy atom. The number of aromatic nitrogens is 2. The molecule has 128 valence electrons. The van der Waals surface area contributed by atoms with E-state index in [4.69, 9.17) is 0 Å². The molecule has 0 atom stereocenters. The van der Waals surface area contributed by atoms with Crippen molar-refractivity contribution in [2.75, 3.05) is 31.1 Å². The van der Waals surface area contributed by atoms with Gasteiger partial charge in [-0.05, 0) is 24.3 Å². The minimum absolute atomic E-state index is 0.0856. The highest BCUT2D eigenvalue weighted by atomic mass is 32.1. The molecule has 2 aromatic heterocycles. The quantitative estimate of drug-likeness (QED) is 0.921. The van der Waals surface area contributed by atoms with E-state index in [0.29, 0.717) is 13.1 Å². The largest absolute Gasteiger partial charge is 0.389 e. The zero-order valence-electron chi connectivity index (χ0n) is 13.6. The lowest BCUT2D eigenvalue weighted by atomic mass is 9.97. The van der Waals surface area contributed by atoms with Crippen LogP contribution in [0.5, 0.6) is 0 Å². The third kappa shape index (κ3) is 2.98. The zero-order chi connectivity index (χ0) is 16.6. The van der Waals surface area contributed by atoms with Crippen LogP contribution in [0, 0.1) is 0 Å². The van der Waals surface area contributed by atoms with E-state index in [0.717, 1.165) is 54.8 Å². The molecule has 24 heavy (non-hydrogen) atoms. The molecule has 2 aromatic rings. The first kappa shape index (κ1) is 15.8. The van der Waals surface area contributed by atoms with Crippen LogP contribution in [0.3, 0.4) is 0 Å². The predicted molar refractivity (Wildman–Crippen MR) is 94.2 cm³/mol. The highest BCUT2D eigenvalue weighted by Gasteiger charge is 2.35. The van der Waals surface area contributed by atoms with Crippen molar-refractivity contribution in [1.29, 1.82) is 0 Å². The first-order valence-corrected chi connectivity index (χ1v) is 9.46. The van der Waals surface area contributed by atoms with E-state index < -0.39 is 5.60 Å². The number of carbonyl (C=O) groups excluding carboxylic acids is 1. The van der Waals surface area contributed by atoms with Crippen LogP contribution >= 0.6 is 11.3 Å². The maximum absolute atomic E-state index is 12.5. The standard InChI is InChI=1S/C17H22N4O2S/c22-14(11-17(23)4-1-2-5-17)20-6-8-21(9-7-20)15-13-3-10-24-16(13)19-12-18-15/h3,10,12,23H,1-2,4-9,11H2. The van der Waals surface area contributed by atoms with Gasteiger partial charge in [0.25, 0.3) is 0 Å². The van der Waals surface area contributed by atoms with Crippen LogP contribution < -0.4 is 4.90 Å². The number of piperazine rings is 1. The van der Waals surface area contributed by atoms with Gasteiger partial charge in [-0.3, -0.25) is 4.79 Å². The first-order chi connectivity index (χ1) is 11.6. The Hall–Kier alpha value is -1.73. The highest BCUT2D eigenvalue weighted by Crippen LogP contribution is 2.33. The van der Waals surface area contributed by atoms with E-state index in [-0.39, 0.29) is 12.3 Å². The molecular weight excluding hydrogens is 324 g/mol. The summed E-state index contributed by atoms with van der Waals surface area (Å²) in [4.78, 5) is 26.4. The van der Waals surface area contributed by atoms with Gasteiger partial charge in [0.05, 0.1) is 17.4 Å². The molecule has 6 nitrogen and oxygen atoms in total. The van der Waals surface area contributed by atoms with E-state index >= 15 is 0 Å². The lowest BCUT2D eigenvalue weighted by Crippen LogP contribution is -2.50. The summed E-state index contributed by atoms with van der Waals surface area (Å²) in [7, 11) is 0. The fourth-order valence-corrected chi connectivity index (χ4v) is 4.53. The van der Waals surface area contributed by atoms with Crippen molar-refractivity contribution in [3.05, 3.63) is 17.8 Å². The van der Waals surface area contributed by atoms with Crippen molar-refractivity contribution in [2.45, 2.75) is 37.7 Å². The summed E-state index contributed by atoms with van der Waals surface area (Å²) >= 11 is 1.62. The SMILES string of the molecule is O=C(CC1(O)CCCC1)N1CCN(c2ncnc3sccc23)CC1. The second kappa shape index (κ2) is 6.29. The summed E-state index contributed by atoms with van der Waals surface area (Å²) in [6, 6.07) is 2.06. The number of amides is 1. The number of thiophene rings is 1. The topological polar surface area (TPSA) is 69.6 Å². The average Bonchev–Trinajstić information content (AvgIpc) is 3.23. The van der Waals surface area contributed by atoms with Gasteiger partial charge in [-0.1, -0.05) is 12.8 Å². The van der Waals surface area contributed by atoms with E-state index in [2.05, 4.69) is 20.9 Å². The fraction of sp³-hybridized carbons (Fsp3) is 0.588. The van der Waals surface area contributed by atoms with Gasteiger partial charge in [0, 0.05) is 26.2 Å². The van der Waals surface area contributed by atoms with Crippen LogP contribution in [0.25, 0.3) is 10.2 Å². The number of fused-ring (bicyclic) bond motifs is 1. The minimum Gasteiger partial charge on any atom is -0.389 e. The Kier molecular flexibility index (Phi) is 4.14. The normalized spacial score (nSPS) is 20.7. The molecule has 0 unspecified atom stereocenters. The Morgan fingerprint density at radius 1 is 1.21 bits per heavy atom. The van der Waals surface area contributed by atoms with Crippen molar-refractivity contribution in [3.8, 4) is 0 Å². The summed E-state index contributed by atoms with van der Waals surface area (Å²) in [5, 5.41) is 13.6. The molecule has 0 aromatic carbocycles. The van der Waals surface area contributed by atoms with Crippen LogP contribution in [0.15, 0.2) is 17.8 Å². The molecule has 1 N–H and O–H groups in total. The zero-order valence-corrected chi connectivity index (χ0v) is 14.5. The van der Waals surface area contributed by atoms with E-state index in [1.165, 1.54) is 0 Å². The molecule has 1 aliphatic heterocycles. The van der Waals surface area contributed by atoms with Gasteiger partial charge < -0.3 is 14.9 Å². The van der Waals surface area contributed by atoms with E-state index in [1.54, 1.807) is 17.7 Å². The van der Waals surface area contributed by atoms with Gasteiger partial charge in [0.15, 0.2) is 0 Å². The van der Waals surface area contributed by atoms with Gasteiger partial charge in [0.1, 0.15) is 17.0 Å². The predicted octanol–water partition coefficient (Wildman–Crippen LogP) is 2.04. The number of hydrogen-bond donors (Lipinski definition) is 1. The number of anilines is 1. The second-order valence-corrected chi connectivity index (χ2v) is 7.71. The summed E-state index contributed by atoms with van der Waals surface area (Å²) in [6.07, 6.45) is 5.46. The molecule has 1 amide bonds. The first-order valence-electron chi connectivity index (χ1n) is 8.58. The van der Waals surface area contributed by atoms with Gasteiger partial charge in [-0.25, -0.2) is 9.97 Å².